The van der Waals surface area contributed by atoms with Crippen LogP contribution in [0.1, 0.15) is 25.8 Å². The van der Waals surface area contributed by atoms with Crippen molar-refractivity contribution in [1.82, 2.24) is 4.90 Å². The Morgan fingerprint density at radius 1 is 1.41 bits per heavy atom. The van der Waals surface area contributed by atoms with Crippen molar-refractivity contribution in [2.45, 2.75) is 32.9 Å². The topological polar surface area (TPSA) is 92.5 Å². The van der Waals surface area contributed by atoms with Gasteiger partial charge in [0.25, 0.3) is 0 Å². The number of fused-ring (bicyclic) bond motifs is 1. The SMILES string of the molecule is CC(C)C[C@@H](C(N)=O)N1Cc2cc(Cl)ccc2NC(=O)C1=O. The van der Waals surface area contributed by atoms with Crippen LogP contribution in [0.3, 0.4) is 0 Å². The van der Waals surface area contributed by atoms with Crippen LogP contribution < -0.4 is 11.1 Å². The lowest BCUT2D eigenvalue weighted by molar-refractivity contribution is -0.147. The van der Waals surface area contributed by atoms with E-state index in [0.717, 1.165) is 0 Å². The minimum absolute atomic E-state index is 0.105. The van der Waals surface area contributed by atoms with E-state index < -0.39 is 23.8 Å². The van der Waals surface area contributed by atoms with Crippen molar-refractivity contribution in [2.24, 2.45) is 11.7 Å². The van der Waals surface area contributed by atoms with Gasteiger partial charge in [-0.1, -0.05) is 25.4 Å². The average molecular weight is 324 g/mol. The van der Waals surface area contributed by atoms with Gasteiger partial charge in [0.2, 0.25) is 5.91 Å². The molecule has 3 N–H and O–H groups in total. The Morgan fingerprint density at radius 3 is 2.68 bits per heavy atom. The first-order chi connectivity index (χ1) is 10.3. The van der Waals surface area contributed by atoms with Gasteiger partial charge in [0.1, 0.15) is 6.04 Å². The molecule has 0 saturated carbocycles. The maximum atomic E-state index is 12.3. The molecule has 22 heavy (non-hydrogen) atoms. The predicted molar refractivity (Wildman–Crippen MR) is 83.1 cm³/mol. The highest BCUT2D eigenvalue weighted by Gasteiger charge is 2.35. The first-order valence-corrected chi connectivity index (χ1v) is 7.37. The van der Waals surface area contributed by atoms with Crippen LogP contribution in [0.5, 0.6) is 0 Å². The van der Waals surface area contributed by atoms with Gasteiger partial charge in [-0.15, -0.1) is 0 Å². The first kappa shape index (κ1) is 16.3. The Labute approximate surface area is 133 Å². The summed E-state index contributed by atoms with van der Waals surface area (Å²) in [6.07, 6.45) is 0.393. The van der Waals surface area contributed by atoms with E-state index >= 15 is 0 Å². The molecule has 118 valence electrons. The molecule has 0 radical (unpaired) electrons. The van der Waals surface area contributed by atoms with Crippen LogP contribution in [0.4, 0.5) is 5.69 Å². The van der Waals surface area contributed by atoms with Crippen molar-refractivity contribution in [3.05, 3.63) is 28.8 Å². The first-order valence-electron chi connectivity index (χ1n) is 6.99. The summed E-state index contributed by atoms with van der Waals surface area (Å²) in [5.74, 6) is -2.02. The number of anilines is 1. The second-order valence-electron chi connectivity index (χ2n) is 5.74. The zero-order valence-electron chi connectivity index (χ0n) is 12.4. The van der Waals surface area contributed by atoms with Crippen molar-refractivity contribution >= 4 is 35.0 Å². The maximum Gasteiger partial charge on any atom is 0.313 e. The highest BCUT2D eigenvalue weighted by molar-refractivity contribution is 6.40. The van der Waals surface area contributed by atoms with E-state index in [1.54, 1.807) is 18.2 Å². The van der Waals surface area contributed by atoms with Crippen molar-refractivity contribution in [1.29, 1.82) is 0 Å². The molecule has 0 fully saturated rings. The van der Waals surface area contributed by atoms with Crippen molar-refractivity contribution < 1.29 is 14.4 Å². The average Bonchev–Trinajstić information content (AvgIpc) is 2.54. The Hall–Kier alpha value is -2.08. The molecular formula is C15H18ClN3O3. The molecule has 0 aliphatic carbocycles. The number of carbonyl (C=O) groups is 3. The molecule has 1 aromatic rings. The van der Waals surface area contributed by atoms with Crippen LogP contribution in [-0.2, 0) is 20.9 Å². The second kappa shape index (κ2) is 6.36. The molecular weight excluding hydrogens is 306 g/mol. The van der Waals surface area contributed by atoms with Crippen molar-refractivity contribution in [2.75, 3.05) is 5.32 Å². The number of nitrogens with zero attached hydrogens (tertiary/aromatic N) is 1. The van der Waals surface area contributed by atoms with Gasteiger partial charge in [0.15, 0.2) is 0 Å². The highest BCUT2D eigenvalue weighted by Crippen LogP contribution is 2.27. The summed E-state index contributed by atoms with van der Waals surface area (Å²) >= 11 is 5.97. The number of amides is 3. The van der Waals surface area contributed by atoms with E-state index in [-0.39, 0.29) is 12.5 Å². The summed E-state index contributed by atoms with van der Waals surface area (Å²) in [7, 11) is 0. The number of hydrogen-bond acceptors (Lipinski definition) is 3. The molecule has 1 aliphatic rings. The number of benzene rings is 1. The largest absolute Gasteiger partial charge is 0.368 e. The fourth-order valence-corrected chi connectivity index (χ4v) is 2.67. The number of hydrogen-bond donors (Lipinski definition) is 2. The van der Waals surface area contributed by atoms with Gasteiger partial charge >= 0.3 is 11.8 Å². The summed E-state index contributed by atoms with van der Waals surface area (Å²) < 4.78 is 0. The van der Waals surface area contributed by atoms with Gasteiger partial charge in [0, 0.05) is 17.3 Å². The van der Waals surface area contributed by atoms with Crippen LogP contribution in [0.15, 0.2) is 18.2 Å². The lowest BCUT2D eigenvalue weighted by Gasteiger charge is -2.29. The van der Waals surface area contributed by atoms with Gasteiger partial charge in [-0.25, -0.2) is 0 Å². The molecule has 7 heteroatoms. The summed E-state index contributed by atoms with van der Waals surface area (Å²) in [5, 5.41) is 3.02. The summed E-state index contributed by atoms with van der Waals surface area (Å²) in [5.41, 5.74) is 6.61. The molecule has 0 saturated heterocycles. The summed E-state index contributed by atoms with van der Waals surface area (Å²) in [6.45, 7) is 3.94. The van der Waals surface area contributed by atoms with Gasteiger partial charge < -0.3 is 16.0 Å². The van der Waals surface area contributed by atoms with Crippen LogP contribution in [-0.4, -0.2) is 28.7 Å². The quantitative estimate of drug-likeness (QED) is 0.823. The number of nitrogens with one attached hydrogen (secondary N) is 1. The van der Waals surface area contributed by atoms with Gasteiger partial charge in [-0.2, -0.15) is 0 Å². The zero-order valence-corrected chi connectivity index (χ0v) is 13.2. The molecule has 0 bridgehead atoms. The molecule has 3 amide bonds. The third-order valence-corrected chi connectivity index (χ3v) is 3.75. The van der Waals surface area contributed by atoms with Crippen molar-refractivity contribution in [3.63, 3.8) is 0 Å². The maximum absolute atomic E-state index is 12.3. The molecule has 1 aromatic carbocycles. The normalized spacial score (nSPS) is 16.1. The van der Waals surface area contributed by atoms with Gasteiger partial charge in [-0.3, -0.25) is 14.4 Å². The third kappa shape index (κ3) is 3.39. The van der Waals surface area contributed by atoms with E-state index in [9.17, 15) is 14.4 Å². The van der Waals surface area contributed by atoms with E-state index in [0.29, 0.717) is 22.7 Å². The third-order valence-electron chi connectivity index (χ3n) is 3.51. The fraction of sp³-hybridized carbons (Fsp3) is 0.400. The van der Waals surface area contributed by atoms with Crippen LogP contribution in [0, 0.1) is 5.92 Å². The minimum Gasteiger partial charge on any atom is -0.368 e. The highest BCUT2D eigenvalue weighted by atomic mass is 35.5. The number of primary amides is 1. The van der Waals surface area contributed by atoms with Crippen LogP contribution >= 0.6 is 11.6 Å². The Bertz CT molecular complexity index is 630. The van der Waals surface area contributed by atoms with Crippen LogP contribution in [0.2, 0.25) is 5.02 Å². The molecule has 1 aliphatic heterocycles. The van der Waals surface area contributed by atoms with Crippen molar-refractivity contribution in [3.8, 4) is 0 Å². The van der Waals surface area contributed by atoms with E-state index in [2.05, 4.69) is 5.32 Å². The zero-order chi connectivity index (χ0) is 16.4. The lowest BCUT2D eigenvalue weighted by atomic mass is 10.0. The van der Waals surface area contributed by atoms with E-state index in [1.165, 1.54) is 4.90 Å². The smallest absolute Gasteiger partial charge is 0.313 e. The van der Waals surface area contributed by atoms with E-state index in [4.69, 9.17) is 17.3 Å². The van der Waals surface area contributed by atoms with Crippen LogP contribution in [0.25, 0.3) is 0 Å². The molecule has 0 unspecified atom stereocenters. The molecule has 1 atom stereocenters. The standard InChI is InChI=1S/C15H18ClN3O3/c1-8(2)5-12(13(17)20)19-7-9-6-10(16)3-4-11(9)18-14(21)15(19)22/h3-4,6,8,12H,5,7H2,1-2H3,(H2,17,20)(H,18,21)/t12-/m0/s1. The molecule has 0 aromatic heterocycles. The Morgan fingerprint density at radius 2 is 2.09 bits per heavy atom. The van der Waals surface area contributed by atoms with Gasteiger partial charge in [0.05, 0.1) is 0 Å². The van der Waals surface area contributed by atoms with E-state index in [1.807, 2.05) is 13.8 Å². The Kier molecular flexibility index (Phi) is 4.71. The number of halogens is 1. The fourth-order valence-electron chi connectivity index (χ4n) is 2.47. The lowest BCUT2D eigenvalue weighted by Crippen LogP contribution is -2.50. The molecule has 0 spiro atoms. The molecule has 6 nitrogen and oxygen atoms in total. The summed E-state index contributed by atoms with van der Waals surface area (Å²) in [6, 6.07) is 4.09. The predicted octanol–water partition coefficient (Wildman–Crippen LogP) is 1.52. The number of rotatable bonds is 4. The van der Waals surface area contributed by atoms with Gasteiger partial charge in [-0.05, 0) is 36.1 Å². The molecule has 2 rings (SSSR count). The number of nitrogens with two attached hydrogens (primary N) is 1. The second-order valence-corrected chi connectivity index (χ2v) is 6.17. The molecule has 1 heterocycles. The monoisotopic (exact) mass is 323 g/mol. The summed E-state index contributed by atoms with van der Waals surface area (Å²) in [4.78, 5) is 37.3. The number of carbonyl (C=O) groups excluding carboxylic acids is 3. The minimum atomic E-state index is -0.830. The Balaban J connectivity index is 2.42.